The summed E-state index contributed by atoms with van der Waals surface area (Å²) >= 11 is 0. The Hall–Kier alpha value is -3.32. The van der Waals surface area contributed by atoms with Crippen LogP contribution in [0.5, 0.6) is 5.75 Å². The van der Waals surface area contributed by atoms with Crippen LogP contribution in [-0.4, -0.2) is 10.1 Å². The van der Waals surface area contributed by atoms with Gasteiger partial charge in [-0.3, -0.25) is 0 Å². The summed E-state index contributed by atoms with van der Waals surface area (Å²) in [7, 11) is -9.73. The number of phenols is 1. The van der Waals surface area contributed by atoms with E-state index in [1.165, 1.54) is 24.4 Å². The first-order valence-corrected chi connectivity index (χ1v) is 9.62. The van der Waals surface area contributed by atoms with Gasteiger partial charge in [0.25, 0.3) is 0 Å². The summed E-state index contributed by atoms with van der Waals surface area (Å²) in [5.41, 5.74) is 1.17. The topological polar surface area (TPSA) is 68.9 Å². The van der Waals surface area contributed by atoms with Crippen LogP contribution in [0, 0.1) is 11.3 Å². The predicted octanol–water partition coefficient (Wildman–Crippen LogP) is 6.73. The first-order chi connectivity index (χ1) is 12.9. The highest BCUT2D eigenvalue weighted by Crippen LogP contribution is 3.02. The molecule has 2 aromatic carbocycles. The molecule has 0 amide bonds. The largest absolute Gasteiger partial charge is 0.507 e. The third-order valence-electron chi connectivity index (χ3n) is 3.80. The van der Waals surface area contributed by atoms with E-state index in [0.717, 1.165) is 12.1 Å². The van der Waals surface area contributed by atoms with Crippen molar-refractivity contribution in [2.75, 3.05) is 5.32 Å². The molecule has 2 N–H and O–H groups in total. The summed E-state index contributed by atoms with van der Waals surface area (Å²) in [6, 6.07) is 11.7. The zero-order valence-electron chi connectivity index (χ0n) is 13.9. The van der Waals surface area contributed by atoms with Crippen molar-refractivity contribution in [3.63, 3.8) is 0 Å². The van der Waals surface area contributed by atoms with Crippen molar-refractivity contribution in [3.05, 3.63) is 66.4 Å². The van der Waals surface area contributed by atoms with Crippen LogP contribution in [0.2, 0.25) is 0 Å². The molecule has 1 heterocycles. The highest BCUT2D eigenvalue weighted by atomic mass is 32.5. The van der Waals surface area contributed by atoms with Gasteiger partial charge in [-0.2, -0.15) is 5.26 Å². The van der Waals surface area contributed by atoms with Crippen LogP contribution < -0.4 is 5.32 Å². The Kier molecular flexibility index (Phi) is 4.05. The zero-order valence-corrected chi connectivity index (χ0v) is 14.7. The minimum Gasteiger partial charge on any atom is -0.507 e. The molecule has 0 aliphatic carbocycles. The van der Waals surface area contributed by atoms with Gasteiger partial charge in [0.05, 0.1) is 5.56 Å². The van der Waals surface area contributed by atoms with Crippen LogP contribution in [-0.2, 0) is 0 Å². The van der Waals surface area contributed by atoms with E-state index in [0.29, 0.717) is 23.3 Å². The number of phenolic OH excluding ortho intramolecular Hbond substituents is 1. The first kappa shape index (κ1) is 19.4. The number of benzene rings is 2. The average molecular weight is 413 g/mol. The molecule has 28 heavy (non-hydrogen) atoms. The van der Waals surface area contributed by atoms with E-state index in [1.807, 2.05) is 6.07 Å². The molecule has 0 saturated carbocycles. The molecule has 0 aliphatic heterocycles. The van der Waals surface area contributed by atoms with Crippen molar-refractivity contribution in [2.45, 2.75) is 4.90 Å². The molecule has 146 valence electrons. The molecule has 4 nitrogen and oxygen atoms in total. The smallest absolute Gasteiger partial charge is 0.310 e. The van der Waals surface area contributed by atoms with E-state index >= 15 is 0 Å². The summed E-state index contributed by atoms with van der Waals surface area (Å²) in [5, 5.41) is 21.4. The quantitative estimate of drug-likeness (QED) is 0.466. The number of nitrogens with zero attached hydrogens (tertiary/aromatic N) is 2. The maximum atomic E-state index is 12.8. The molecule has 0 unspecified atom stereocenters. The SMILES string of the molecule is N#Cc1cc(-c2cccnc2Nc2ccc(S(F)(F)(F)(F)F)cc2)ccc1O. The third kappa shape index (κ3) is 4.15. The standard InChI is InChI=1S/C18H12F5N3OS/c19-28(20,21,22,23)15-6-4-14(5-7-15)26-18-16(2-1-9-25-18)12-3-8-17(27)13(10-12)11-24/h1-10,27H,(H,25,26). The maximum absolute atomic E-state index is 12.8. The molecular formula is C18H12F5N3OS. The second kappa shape index (κ2) is 5.84. The number of nitriles is 1. The number of hydrogen-bond donors (Lipinski definition) is 2. The Balaban J connectivity index is 1.96. The van der Waals surface area contributed by atoms with E-state index in [-0.39, 0.29) is 22.8 Å². The van der Waals surface area contributed by atoms with Crippen LogP contribution in [0.25, 0.3) is 11.1 Å². The minimum atomic E-state index is -9.73. The van der Waals surface area contributed by atoms with Gasteiger partial charge in [0, 0.05) is 17.4 Å². The Bertz CT molecular complexity index is 1090. The summed E-state index contributed by atoms with van der Waals surface area (Å²) in [4.78, 5) is 2.12. The molecule has 0 aliphatic rings. The Morgan fingerprint density at radius 2 is 1.64 bits per heavy atom. The number of hydrogen-bond acceptors (Lipinski definition) is 4. The van der Waals surface area contributed by atoms with Gasteiger partial charge in [-0.25, -0.2) is 4.98 Å². The van der Waals surface area contributed by atoms with Gasteiger partial charge in [-0.1, -0.05) is 25.5 Å². The summed E-state index contributed by atoms with van der Waals surface area (Å²) in [6.45, 7) is 0. The number of nitrogens with one attached hydrogen (secondary N) is 1. The fraction of sp³-hybridized carbons (Fsp3) is 0. The van der Waals surface area contributed by atoms with Crippen LogP contribution in [0.4, 0.5) is 30.9 Å². The van der Waals surface area contributed by atoms with E-state index in [1.54, 1.807) is 12.1 Å². The van der Waals surface area contributed by atoms with E-state index < -0.39 is 15.1 Å². The van der Waals surface area contributed by atoms with Crippen molar-refractivity contribution in [1.29, 1.82) is 5.26 Å². The molecule has 0 spiro atoms. The monoisotopic (exact) mass is 413 g/mol. The molecule has 0 atom stereocenters. The first-order valence-electron chi connectivity index (χ1n) is 7.67. The van der Waals surface area contributed by atoms with Gasteiger partial charge < -0.3 is 10.4 Å². The van der Waals surface area contributed by atoms with E-state index in [4.69, 9.17) is 5.26 Å². The Labute approximate surface area is 156 Å². The molecular weight excluding hydrogens is 401 g/mol. The molecule has 0 saturated heterocycles. The molecule has 0 radical (unpaired) electrons. The number of anilines is 2. The molecule has 0 fully saturated rings. The van der Waals surface area contributed by atoms with Crippen LogP contribution in [0.1, 0.15) is 5.56 Å². The lowest BCUT2D eigenvalue weighted by Crippen LogP contribution is -2.06. The summed E-state index contributed by atoms with van der Waals surface area (Å²) < 4.78 is 64.1. The number of pyridine rings is 1. The highest BCUT2D eigenvalue weighted by molar-refractivity contribution is 8.45. The van der Waals surface area contributed by atoms with Gasteiger partial charge >= 0.3 is 10.2 Å². The predicted molar refractivity (Wildman–Crippen MR) is 97.2 cm³/mol. The van der Waals surface area contributed by atoms with Gasteiger partial charge in [0.2, 0.25) is 0 Å². The normalized spacial score (nSPS) is 13.9. The fourth-order valence-corrected chi connectivity index (χ4v) is 3.11. The number of aromatic nitrogens is 1. The third-order valence-corrected chi connectivity index (χ3v) is 4.96. The average Bonchev–Trinajstić information content (AvgIpc) is 2.61. The lowest BCUT2D eigenvalue weighted by molar-refractivity contribution is 0.364. The zero-order chi connectivity index (χ0) is 20.6. The van der Waals surface area contributed by atoms with Crippen molar-refractivity contribution in [1.82, 2.24) is 4.98 Å². The van der Waals surface area contributed by atoms with Crippen LogP contribution in [0.15, 0.2) is 65.7 Å². The van der Waals surface area contributed by atoms with Crippen molar-refractivity contribution in [3.8, 4) is 22.9 Å². The number of halogens is 5. The van der Waals surface area contributed by atoms with Gasteiger partial charge in [0.1, 0.15) is 22.5 Å². The van der Waals surface area contributed by atoms with E-state index in [2.05, 4.69) is 10.3 Å². The number of aromatic hydroxyl groups is 1. The van der Waals surface area contributed by atoms with Crippen molar-refractivity contribution >= 4 is 21.7 Å². The van der Waals surface area contributed by atoms with Crippen LogP contribution >= 0.6 is 10.2 Å². The number of rotatable bonds is 4. The lowest BCUT2D eigenvalue weighted by atomic mass is 10.0. The molecule has 10 heteroatoms. The molecule has 3 aromatic rings. The summed E-state index contributed by atoms with van der Waals surface area (Å²) in [6.07, 6.45) is 1.43. The maximum Gasteiger partial charge on any atom is 0.310 e. The molecule has 3 rings (SSSR count). The Morgan fingerprint density at radius 1 is 0.964 bits per heavy atom. The highest BCUT2D eigenvalue weighted by Gasteiger charge is 2.65. The second-order valence-corrected chi connectivity index (χ2v) is 8.27. The van der Waals surface area contributed by atoms with E-state index in [9.17, 15) is 24.5 Å². The molecule has 1 aromatic heterocycles. The van der Waals surface area contributed by atoms with Gasteiger partial charge in [-0.15, -0.1) is 0 Å². The van der Waals surface area contributed by atoms with Gasteiger partial charge in [0.15, 0.2) is 0 Å². The van der Waals surface area contributed by atoms with Gasteiger partial charge in [-0.05, 0) is 54.1 Å². The minimum absolute atomic E-state index is 0.0348. The summed E-state index contributed by atoms with van der Waals surface area (Å²) in [5.74, 6) is 0.0356. The lowest BCUT2D eigenvalue weighted by Gasteiger charge is -2.40. The van der Waals surface area contributed by atoms with Crippen LogP contribution in [0.3, 0.4) is 0 Å². The second-order valence-electron chi connectivity index (χ2n) is 5.86. The van der Waals surface area contributed by atoms with Crippen molar-refractivity contribution < 1.29 is 24.5 Å². The Morgan fingerprint density at radius 3 is 2.25 bits per heavy atom. The van der Waals surface area contributed by atoms with Crippen molar-refractivity contribution in [2.24, 2.45) is 0 Å². The molecule has 0 bridgehead atoms. The fourth-order valence-electron chi connectivity index (χ4n) is 2.46.